The average Bonchev–Trinajstić information content (AvgIpc) is 3.38. The van der Waals surface area contributed by atoms with Gasteiger partial charge in [0.1, 0.15) is 18.8 Å². The van der Waals surface area contributed by atoms with Crippen LogP contribution in [-0.2, 0) is 4.79 Å². The van der Waals surface area contributed by atoms with Gasteiger partial charge in [-0.1, -0.05) is 0 Å². The van der Waals surface area contributed by atoms with Gasteiger partial charge in [-0.25, -0.2) is 4.79 Å². The number of carbonyl (C=O) groups excluding carboxylic acids is 1. The van der Waals surface area contributed by atoms with Gasteiger partial charge >= 0.3 is 5.97 Å². The van der Waals surface area contributed by atoms with Crippen molar-refractivity contribution >= 4 is 11.9 Å². The number of carboxylic acid groups (broad SMARTS) is 1. The van der Waals surface area contributed by atoms with Crippen molar-refractivity contribution in [3.8, 4) is 17.2 Å². The van der Waals surface area contributed by atoms with E-state index in [2.05, 4.69) is 5.32 Å². The molecule has 0 aromatic heterocycles. The first-order valence-corrected chi connectivity index (χ1v) is 7.49. The first kappa shape index (κ1) is 15.5. The van der Waals surface area contributed by atoms with Gasteiger partial charge in [-0.2, -0.15) is 0 Å². The Morgan fingerprint density at radius 1 is 1.30 bits per heavy atom. The molecule has 0 radical (unpaired) electrons. The SMILES string of the molecule is COc1cc(C(=O)N[C@@](C)(C(=O)O)C2CC2)cc2c1OCCO2. The summed E-state index contributed by atoms with van der Waals surface area (Å²) in [5.74, 6) is -0.281. The summed E-state index contributed by atoms with van der Waals surface area (Å²) in [6, 6.07) is 3.07. The molecule has 1 aliphatic heterocycles. The van der Waals surface area contributed by atoms with Crippen LogP contribution in [0.25, 0.3) is 0 Å². The van der Waals surface area contributed by atoms with Crippen molar-refractivity contribution in [2.24, 2.45) is 5.92 Å². The van der Waals surface area contributed by atoms with E-state index in [9.17, 15) is 14.7 Å². The maximum atomic E-state index is 12.5. The van der Waals surface area contributed by atoms with Crippen LogP contribution in [0.5, 0.6) is 17.2 Å². The number of rotatable bonds is 5. The molecule has 0 unspecified atom stereocenters. The lowest BCUT2D eigenvalue weighted by molar-refractivity contribution is -0.144. The average molecular weight is 321 g/mol. The Labute approximate surface area is 133 Å². The van der Waals surface area contributed by atoms with Crippen molar-refractivity contribution in [1.82, 2.24) is 5.32 Å². The molecule has 0 saturated heterocycles. The van der Waals surface area contributed by atoms with E-state index >= 15 is 0 Å². The molecule has 7 heteroatoms. The number of carbonyl (C=O) groups is 2. The van der Waals surface area contributed by atoms with Gasteiger partial charge in [0.15, 0.2) is 11.5 Å². The van der Waals surface area contributed by atoms with Crippen LogP contribution < -0.4 is 19.5 Å². The molecule has 3 rings (SSSR count). The predicted octanol–water partition coefficient (Wildman–Crippen LogP) is 1.45. The number of ether oxygens (including phenoxy) is 3. The Kier molecular flexibility index (Phi) is 3.79. The van der Waals surface area contributed by atoms with Gasteiger partial charge in [0.05, 0.1) is 7.11 Å². The Morgan fingerprint density at radius 3 is 2.61 bits per heavy atom. The highest BCUT2D eigenvalue weighted by molar-refractivity contribution is 5.99. The van der Waals surface area contributed by atoms with Crippen molar-refractivity contribution in [2.75, 3.05) is 20.3 Å². The third-order valence-electron chi connectivity index (χ3n) is 4.30. The first-order valence-electron chi connectivity index (χ1n) is 7.49. The topological polar surface area (TPSA) is 94.1 Å². The monoisotopic (exact) mass is 321 g/mol. The van der Waals surface area contributed by atoms with Crippen molar-refractivity contribution in [3.63, 3.8) is 0 Å². The molecule has 7 nitrogen and oxygen atoms in total. The molecule has 1 aromatic carbocycles. The smallest absolute Gasteiger partial charge is 0.329 e. The molecule has 0 spiro atoms. The van der Waals surface area contributed by atoms with Gasteiger partial charge in [-0.15, -0.1) is 0 Å². The van der Waals surface area contributed by atoms with Crippen LogP contribution in [0.3, 0.4) is 0 Å². The van der Waals surface area contributed by atoms with Gasteiger partial charge < -0.3 is 24.6 Å². The Bertz CT molecular complexity index is 637. The summed E-state index contributed by atoms with van der Waals surface area (Å²) in [5.41, 5.74) is -0.989. The maximum Gasteiger partial charge on any atom is 0.329 e. The number of aliphatic carboxylic acids is 1. The molecule has 1 fully saturated rings. The Balaban J connectivity index is 1.89. The van der Waals surface area contributed by atoms with Crippen LogP contribution in [-0.4, -0.2) is 42.8 Å². The number of fused-ring (bicyclic) bond motifs is 1. The summed E-state index contributed by atoms with van der Waals surface area (Å²) in [6.07, 6.45) is 1.60. The second kappa shape index (κ2) is 5.64. The highest BCUT2D eigenvalue weighted by atomic mass is 16.6. The van der Waals surface area contributed by atoms with E-state index in [-0.39, 0.29) is 11.5 Å². The van der Waals surface area contributed by atoms with E-state index in [0.717, 1.165) is 12.8 Å². The second-order valence-corrected chi connectivity index (χ2v) is 5.94. The third-order valence-corrected chi connectivity index (χ3v) is 4.30. The minimum absolute atomic E-state index is 0.0388. The fraction of sp³-hybridized carbons (Fsp3) is 0.500. The molecule has 1 atom stereocenters. The highest BCUT2D eigenvalue weighted by Crippen LogP contribution is 2.42. The standard InChI is InChI=1S/C16H19NO6/c1-16(15(19)20,10-3-4-10)17-14(18)9-7-11(21-2)13-12(8-9)22-5-6-23-13/h7-8,10H,3-6H2,1-2H3,(H,17,18)(H,19,20)/t16-/m1/s1. The van der Waals surface area contributed by atoms with Crippen LogP contribution >= 0.6 is 0 Å². The minimum Gasteiger partial charge on any atom is -0.493 e. The lowest BCUT2D eigenvalue weighted by Crippen LogP contribution is -2.54. The Hall–Kier alpha value is -2.44. The third kappa shape index (κ3) is 2.78. The van der Waals surface area contributed by atoms with Crippen molar-refractivity contribution < 1.29 is 28.9 Å². The molecule has 1 aromatic rings. The van der Waals surface area contributed by atoms with Crippen LogP contribution in [0.2, 0.25) is 0 Å². The normalized spacial score (nSPS) is 18.7. The molecular weight excluding hydrogens is 302 g/mol. The summed E-state index contributed by atoms with van der Waals surface area (Å²) >= 11 is 0. The van der Waals surface area contributed by atoms with Crippen LogP contribution in [0.15, 0.2) is 12.1 Å². The Morgan fingerprint density at radius 2 is 2.00 bits per heavy atom. The molecule has 2 aliphatic rings. The van der Waals surface area contributed by atoms with Gasteiger partial charge in [-0.05, 0) is 37.8 Å². The molecule has 124 valence electrons. The zero-order chi connectivity index (χ0) is 16.6. The van der Waals surface area contributed by atoms with Crippen LogP contribution in [0.4, 0.5) is 0 Å². The quantitative estimate of drug-likeness (QED) is 0.852. The first-order chi connectivity index (χ1) is 11.0. The van der Waals surface area contributed by atoms with Gasteiger partial charge in [0.2, 0.25) is 5.75 Å². The lowest BCUT2D eigenvalue weighted by atomic mass is 9.95. The van der Waals surface area contributed by atoms with E-state index < -0.39 is 17.4 Å². The van der Waals surface area contributed by atoms with Crippen molar-refractivity contribution in [3.05, 3.63) is 17.7 Å². The molecule has 1 heterocycles. The summed E-state index contributed by atoms with van der Waals surface area (Å²) in [4.78, 5) is 24.1. The van der Waals surface area contributed by atoms with E-state index in [1.807, 2.05) is 0 Å². The predicted molar refractivity (Wildman–Crippen MR) is 80.2 cm³/mol. The summed E-state index contributed by atoms with van der Waals surface area (Å²) < 4.78 is 16.2. The molecule has 1 aliphatic carbocycles. The molecule has 1 saturated carbocycles. The van der Waals surface area contributed by atoms with Crippen LogP contribution in [0.1, 0.15) is 30.1 Å². The zero-order valence-electron chi connectivity index (χ0n) is 13.0. The number of hydrogen-bond acceptors (Lipinski definition) is 5. The van der Waals surface area contributed by atoms with Gasteiger partial charge in [0.25, 0.3) is 5.91 Å². The number of methoxy groups -OCH3 is 1. The van der Waals surface area contributed by atoms with E-state index in [0.29, 0.717) is 30.5 Å². The maximum absolute atomic E-state index is 12.5. The van der Waals surface area contributed by atoms with Gasteiger partial charge in [0, 0.05) is 5.56 Å². The number of hydrogen-bond donors (Lipinski definition) is 2. The van der Waals surface area contributed by atoms with Crippen molar-refractivity contribution in [1.29, 1.82) is 0 Å². The number of amides is 1. The fourth-order valence-corrected chi connectivity index (χ4v) is 2.70. The number of benzene rings is 1. The van der Waals surface area contributed by atoms with E-state index in [1.165, 1.54) is 13.2 Å². The second-order valence-electron chi connectivity index (χ2n) is 5.94. The number of carboxylic acids is 1. The van der Waals surface area contributed by atoms with E-state index in [1.54, 1.807) is 13.0 Å². The molecule has 23 heavy (non-hydrogen) atoms. The summed E-state index contributed by atoms with van der Waals surface area (Å²) in [5, 5.41) is 12.1. The number of nitrogens with one attached hydrogen (secondary N) is 1. The van der Waals surface area contributed by atoms with Crippen molar-refractivity contribution in [2.45, 2.75) is 25.3 Å². The van der Waals surface area contributed by atoms with E-state index in [4.69, 9.17) is 14.2 Å². The zero-order valence-corrected chi connectivity index (χ0v) is 13.0. The molecular formula is C16H19NO6. The summed E-state index contributed by atoms with van der Waals surface area (Å²) in [6.45, 7) is 2.34. The summed E-state index contributed by atoms with van der Waals surface area (Å²) in [7, 11) is 1.47. The lowest BCUT2D eigenvalue weighted by Gasteiger charge is -2.27. The van der Waals surface area contributed by atoms with Crippen LogP contribution in [0, 0.1) is 5.92 Å². The van der Waals surface area contributed by atoms with Gasteiger partial charge in [-0.3, -0.25) is 4.79 Å². The molecule has 0 bridgehead atoms. The minimum atomic E-state index is -1.27. The fourth-order valence-electron chi connectivity index (χ4n) is 2.70. The molecule has 2 N–H and O–H groups in total. The highest BCUT2D eigenvalue weighted by Gasteiger charge is 2.48. The molecule has 1 amide bonds. The largest absolute Gasteiger partial charge is 0.493 e.